The van der Waals surface area contributed by atoms with E-state index in [1.54, 1.807) is 7.85 Å². The number of anilines is 1. The van der Waals surface area contributed by atoms with Crippen molar-refractivity contribution in [1.82, 2.24) is 0 Å². The quantitative estimate of drug-likeness (QED) is 0.426. The van der Waals surface area contributed by atoms with Crippen molar-refractivity contribution in [2.75, 3.05) is 5.73 Å². The van der Waals surface area contributed by atoms with E-state index in [1.807, 2.05) is 0 Å². The van der Waals surface area contributed by atoms with Crippen LogP contribution in [0.25, 0.3) is 0 Å². The summed E-state index contributed by atoms with van der Waals surface area (Å²) in [6.45, 7) is 0. The first-order valence-corrected chi connectivity index (χ1v) is 3.20. The monoisotopic (exact) mass is 157 g/mol. The first-order chi connectivity index (χ1) is 4.61. The van der Waals surface area contributed by atoms with Crippen LogP contribution in [0.15, 0.2) is 12.1 Å². The molecule has 10 heavy (non-hydrogen) atoms. The largest absolute Gasteiger partial charge is 0.399 e. The lowest BCUT2D eigenvalue weighted by Gasteiger charge is -2.00. The summed E-state index contributed by atoms with van der Waals surface area (Å²) >= 11 is 5.43. The molecular formula is C6H6BClFN. The summed E-state index contributed by atoms with van der Waals surface area (Å²) in [7, 11) is 1.73. The molecular weight excluding hydrogens is 151 g/mol. The molecule has 0 aliphatic carbocycles. The van der Waals surface area contributed by atoms with E-state index in [4.69, 9.17) is 17.3 Å². The van der Waals surface area contributed by atoms with Gasteiger partial charge in [0.2, 0.25) is 0 Å². The number of nitrogens with two attached hydrogens (primary N) is 1. The first-order valence-electron chi connectivity index (χ1n) is 2.82. The normalized spacial score (nSPS) is 9.80. The van der Waals surface area contributed by atoms with Crippen LogP contribution >= 0.6 is 11.6 Å². The molecule has 4 heteroatoms. The Balaban J connectivity index is 3.28. The molecule has 0 radical (unpaired) electrons. The van der Waals surface area contributed by atoms with Gasteiger partial charge in [0, 0.05) is 5.69 Å². The molecule has 52 valence electrons. The van der Waals surface area contributed by atoms with Gasteiger partial charge in [-0.3, -0.25) is 0 Å². The highest BCUT2D eigenvalue weighted by Crippen LogP contribution is 2.14. The van der Waals surface area contributed by atoms with Gasteiger partial charge in [-0.2, -0.15) is 0 Å². The minimum absolute atomic E-state index is 0.0723. The standard InChI is InChI=1S/C6H6BClFN/c7-3-1-5(9)4(8)2-6(3)10/h1-2H,7,10H2. The second-order valence-electron chi connectivity index (χ2n) is 2.12. The Morgan fingerprint density at radius 3 is 2.60 bits per heavy atom. The molecule has 0 aliphatic heterocycles. The van der Waals surface area contributed by atoms with Crippen LogP contribution in [0, 0.1) is 5.82 Å². The number of halogens is 2. The third-order valence-corrected chi connectivity index (χ3v) is 1.60. The summed E-state index contributed by atoms with van der Waals surface area (Å²) < 4.78 is 12.6. The summed E-state index contributed by atoms with van der Waals surface area (Å²) in [6, 6.07) is 2.73. The van der Waals surface area contributed by atoms with Crippen molar-refractivity contribution in [2.45, 2.75) is 0 Å². The summed E-state index contributed by atoms with van der Waals surface area (Å²) in [6.07, 6.45) is 0. The fourth-order valence-corrected chi connectivity index (χ4v) is 0.834. The van der Waals surface area contributed by atoms with Gasteiger partial charge in [0.25, 0.3) is 0 Å². The van der Waals surface area contributed by atoms with E-state index in [-0.39, 0.29) is 5.02 Å². The predicted molar refractivity (Wildman–Crippen MR) is 44.0 cm³/mol. The maximum Gasteiger partial charge on any atom is 0.142 e. The molecule has 0 atom stereocenters. The van der Waals surface area contributed by atoms with E-state index in [0.29, 0.717) is 11.2 Å². The Labute approximate surface area is 64.4 Å². The van der Waals surface area contributed by atoms with E-state index in [2.05, 4.69) is 0 Å². The van der Waals surface area contributed by atoms with E-state index in [9.17, 15) is 4.39 Å². The lowest BCUT2D eigenvalue weighted by Crippen LogP contribution is -2.10. The molecule has 0 amide bonds. The Morgan fingerprint density at radius 1 is 1.50 bits per heavy atom. The molecule has 0 heterocycles. The smallest absolute Gasteiger partial charge is 0.142 e. The zero-order valence-corrected chi connectivity index (χ0v) is 6.24. The Morgan fingerprint density at radius 2 is 2.10 bits per heavy atom. The maximum atomic E-state index is 12.6. The van der Waals surface area contributed by atoms with Crippen LogP contribution in [0.3, 0.4) is 0 Å². The summed E-state index contributed by atoms with van der Waals surface area (Å²) in [5, 5.41) is 0.0723. The molecule has 2 N–H and O–H groups in total. The molecule has 1 nitrogen and oxygen atoms in total. The predicted octanol–water partition coefficient (Wildman–Crippen LogP) is 0.320. The highest BCUT2D eigenvalue weighted by molar-refractivity contribution is 6.37. The first kappa shape index (κ1) is 7.41. The number of nitrogen functional groups attached to an aromatic ring is 1. The molecule has 0 bridgehead atoms. The average molecular weight is 157 g/mol. The summed E-state index contributed by atoms with van der Waals surface area (Å²) in [5.74, 6) is -0.423. The minimum Gasteiger partial charge on any atom is -0.399 e. The highest BCUT2D eigenvalue weighted by atomic mass is 35.5. The van der Waals surface area contributed by atoms with Crippen molar-refractivity contribution in [3.8, 4) is 0 Å². The SMILES string of the molecule is Bc1cc(F)c(Cl)cc1N. The molecule has 0 saturated heterocycles. The number of rotatable bonds is 0. The molecule has 0 aromatic heterocycles. The topological polar surface area (TPSA) is 26.0 Å². The van der Waals surface area contributed by atoms with Gasteiger partial charge in [-0.15, -0.1) is 0 Å². The fourth-order valence-electron chi connectivity index (χ4n) is 0.662. The van der Waals surface area contributed by atoms with Crippen molar-refractivity contribution in [3.05, 3.63) is 23.0 Å². The van der Waals surface area contributed by atoms with Gasteiger partial charge in [-0.1, -0.05) is 17.1 Å². The van der Waals surface area contributed by atoms with E-state index < -0.39 is 5.82 Å². The van der Waals surface area contributed by atoms with E-state index >= 15 is 0 Å². The second kappa shape index (κ2) is 2.50. The van der Waals surface area contributed by atoms with Gasteiger partial charge in [0.05, 0.1) is 5.02 Å². The van der Waals surface area contributed by atoms with E-state index in [0.717, 1.165) is 0 Å². The van der Waals surface area contributed by atoms with Crippen LogP contribution in [0.1, 0.15) is 0 Å². The van der Waals surface area contributed by atoms with Gasteiger partial charge in [0.1, 0.15) is 13.7 Å². The molecule has 0 aliphatic rings. The van der Waals surface area contributed by atoms with Crippen LogP contribution in [0.2, 0.25) is 5.02 Å². The Kier molecular flexibility index (Phi) is 1.86. The maximum absolute atomic E-state index is 12.6. The lowest BCUT2D eigenvalue weighted by molar-refractivity contribution is 0.629. The average Bonchev–Trinajstić information content (AvgIpc) is 1.84. The Bertz CT molecular complexity index is 214. The van der Waals surface area contributed by atoms with Crippen molar-refractivity contribution >= 4 is 30.6 Å². The van der Waals surface area contributed by atoms with E-state index in [1.165, 1.54) is 12.1 Å². The van der Waals surface area contributed by atoms with Gasteiger partial charge in [-0.05, 0) is 12.1 Å². The number of benzene rings is 1. The zero-order chi connectivity index (χ0) is 7.72. The molecule has 0 saturated carbocycles. The van der Waals surface area contributed by atoms with Crippen molar-refractivity contribution in [2.24, 2.45) is 0 Å². The Hall–Kier alpha value is -0.695. The van der Waals surface area contributed by atoms with Crippen LogP contribution in [0.5, 0.6) is 0 Å². The van der Waals surface area contributed by atoms with Crippen LogP contribution in [0.4, 0.5) is 10.1 Å². The van der Waals surface area contributed by atoms with Gasteiger partial charge in [0.15, 0.2) is 0 Å². The summed E-state index contributed by atoms with van der Waals surface area (Å²) in [4.78, 5) is 0. The van der Waals surface area contributed by atoms with Crippen molar-refractivity contribution in [3.63, 3.8) is 0 Å². The third-order valence-electron chi connectivity index (χ3n) is 1.31. The third kappa shape index (κ3) is 1.24. The molecule has 1 aromatic carbocycles. The van der Waals surface area contributed by atoms with Crippen LogP contribution < -0.4 is 11.2 Å². The fraction of sp³-hybridized carbons (Fsp3) is 0. The van der Waals surface area contributed by atoms with Crippen LogP contribution in [-0.4, -0.2) is 7.85 Å². The van der Waals surface area contributed by atoms with Gasteiger partial charge < -0.3 is 5.73 Å². The minimum atomic E-state index is -0.423. The zero-order valence-electron chi connectivity index (χ0n) is 5.49. The molecule has 0 spiro atoms. The van der Waals surface area contributed by atoms with Gasteiger partial charge >= 0.3 is 0 Å². The molecule has 1 rings (SSSR count). The molecule has 0 fully saturated rings. The second-order valence-corrected chi connectivity index (χ2v) is 2.53. The molecule has 0 unspecified atom stereocenters. The summed E-state index contributed by atoms with van der Waals surface area (Å²) in [5.41, 5.74) is 6.67. The van der Waals surface area contributed by atoms with Crippen LogP contribution in [-0.2, 0) is 0 Å². The molecule has 1 aromatic rings. The van der Waals surface area contributed by atoms with Crippen molar-refractivity contribution in [1.29, 1.82) is 0 Å². The number of hydrogen-bond donors (Lipinski definition) is 1. The van der Waals surface area contributed by atoms with Gasteiger partial charge in [-0.25, -0.2) is 4.39 Å². The lowest BCUT2D eigenvalue weighted by atomic mass is 9.94. The van der Waals surface area contributed by atoms with Crippen molar-refractivity contribution < 1.29 is 4.39 Å². The number of hydrogen-bond acceptors (Lipinski definition) is 1. The highest BCUT2D eigenvalue weighted by Gasteiger charge is 2.00.